The quantitative estimate of drug-likeness (QED) is 0.768. The molecule has 1 unspecified atom stereocenters. The summed E-state index contributed by atoms with van der Waals surface area (Å²) in [6.07, 6.45) is 2.97. The molecule has 1 aliphatic carbocycles. The molecule has 0 radical (unpaired) electrons. The summed E-state index contributed by atoms with van der Waals surface area (Å²) in [6, 6.07) is 5.75. The van der Waals surface area contributed by atoms with Crippen LogP contribution in [0.4, 0.5) is 0 Å². The number of hydrogen-bond acceptors (Lipinski definition) is 3. The van der Waals surface area contributed by atoms with Gasteiger partial charge in [-0.2, -0.15) is 0 Å². The van der Waals surface area contributed by atoms with Crippen LogP contribution in [0.1, 0.15) is 40.4 Å². The van der Waals surface area contributed by atoms with Gasteiger partial charge in [-0.05, 0) is 36.5 Å². The maximum absolute atomic E-state index is 11.5. The van der Waals surface area contributed by atoms with Crippen molar-refractivity contribution in [3.63, 3.8) is 0 Å². The Balaban J connectivity index is 0.00000128. The predicted octanol–water partition coefficient (Wildman–Crippen LogP) is 2.23. The summed E-state index contributed by atoms with van der Waals surface area (Å²) in [7, 11) is 1.41. The summed E-state index contributed by atoms with van der Waals surface area (Å²) in [6.45, 7) is 0. The van der Waals surface area contributed by atoms with Gasteiger partial charge < -0.3 is 10.5 Å². The van der Waals surface area contributed by atoms with Crippen molar-refractivity contribution in [1.82, 2.24) is 0 Å². The van der Waals surface area contributed by atoms with Gasteiger partial charge >= 0.3 is 5.97 Å². The molecule has 0 spiro atoms. The summed E-state index contributed by atoms with van der Waals surface area (Å²) >= 11 is 0. The summed E-state index contributed by atoms with van der Waals surface area (Å²) in [4.78, 5) is 11.5. The predicted molar refractivity (Wildman–Crippen MR) is 64.9 cm³/mol. The van der Waals surface area contributed by atoms with E-state index in [0.29, 0.717) is 5.56 Å². The van der Waals surface area contributed by atoms with Crippen molar-refractivity contribution in [2.45, 2.75) is 25.3 Å². The highest BCUT2D eigenvalue weighted by atomic mass is 35.5. The number of hydrogen-bond donors (Lipinski definition) is 1. The number of carbonyl (C=O) groups excluding carboxylic acids is 1. The highest BCUT2D eigenvalue weighted by Gasteiger charge is 2.21. The van der Waals surface area contributed by atoms with E-state index in [1.54, 1.807) is 0 Å². The molecule has 2 N–H and O–H groups in total. The highest BCUT2D eigenvalue weighted by molar-refractivity contribution is 5.91. The van der Waals surface area contributed by atoms with Gasteiger partial charge in [-0.1, -0.05) is 12.1 Å². The van der Waals surface area contributed by atoms with Crippen molar-refractivity contribution in [1.29, 1.82) is 0 Å². The van der Waals surface area contributed by atoms with Crippen LogP contribution in [-0.4, -0.2) is 13.1 Å². The minimum atomic E-state index is -0.263. The number of rotatable bonds is 1. The van der Waals surface area contributed by atoms with Crippen molar-refractivity contribution in [3.05, 3.63) is 34.9 Å². The average molecular weight is 242 g/mol. The molecule has 1 aromatic rings. The Hall–Kier alpha value is -1.06. The summed E-state index contributed by atoms with van der Waals surface area (Å²) in [5.74, 6) is -0.263. The maximum Gasteiger partial charge on any atom is 0.338 e. The summed E-state index contributed by atoms with van der Waals surface area (Å²) < 4.78 is 4.76. The normalized spacial score (nSPS) is 18.2. The van der Waals surface area contributed by atoms with Crippen LogP contribution in [0.2, 0.25) is 0 Å². The van der Waals surface area contributed by atoms with Crippen LogP contribution in [-0.2, 0) is 11.2 Å². The van der Waals surface area contributed by atoms with Crippen LogP contribution in [0.5, 0.6) is 0 Å². The largest absolute Gasteiger partial charge is 0.465 e. The second-order valence-electron chi connectivity index (χ2n) is 3.86. The number of halogens is 1. The fraction of sp³-hybridized carbons (Fsp3) is 0.417. The van der Waals surface area contributed by atoms with Crippen LogP contribution in [0, 0.1) is 0 Å². The first-order chi connectivity index (χ1) is 7.24. The first-order valence-corrected chi connectivity index (χ1v) is 5.19. The highest BCUT2D eigenvalue weighted by Crippen LogP contribution is 2.30. The fourth-order valence-corrected chi connectivity index (χ4v) is 2.19. The number of nitrogens with two attached hydrogens (primary N) is 1. The lowest BCUT2D eigenvalue weighted by Gasteiger charge is -2.23. The van der Waals surface area contributed by atoms with Crippen molar-refractivity contribution >= 4 is 18.4 Å². The van der Waals surface area contributed by atoms with E-state index < -0.39 is 0 Å². The Morgan fingerprint density at radius 2 is 2.25 bits per heavy atom. The van der Waals surface area contributed by atoms with Gasteiger partial charge in [0.05, 0.1) is 12.7 Å². The fourth-order valence-electron chi connectivity index (χ4n) is 2.19. The molecule has 0 aromatic heterocycles. The van der Waals surface area contributed by atoms with Crippen molar-refractivity contribution in [2.24, 2.45) is 5.73 Å². The molecule has 0 aliphatic heterocycles. The molecular formula is C12H16ClNO2. The van der Waals surface area contributed by atoms with Crippen molar-refractivity contribution in [3.8, 4) is 0 Å². The molecule has 0 bridgehead atoms. The average Bonchev–Trinajstić information content (AvgIpc) is 2.28. The standard InChI is InChI=1S/C12H15NO2.ClH/c1-15-12(14)10-6-2-5-9-8(10)4-3-7-11(9)13;/h2,5-6,11H,3-4,7,13H2,1H3;1H. The lowest BCUT2D eigenvalue weighted by Crippen LogP contribution is -2.20. The molecule has 16 heavy (non-hydrogen) atoms. The lowest BCUT2D eigenvalue weighted by atomic mass is 9.85. The Morgan fingerprint density at radius 3 is 2.94 bits per heavy atom. The lowest BCUT2D eigenvalue weighted by molar-refractivity contribution is 0.0599. The molecule has 1 aromatic carbocycles. The molecule has 0 amide bonds. The number of benzene rings is 1. The topological polar surface area (TPSA) is 52.3 Å². The van der Waals surface area contributed by atoms with E-state index in [1.165, 1.54) is 7.11 Å². The van der Waals surface area contributed by atoms with E-state index >= 15 is 0 Å². The third-order valence-electron chi connectivity index (χ3n) is 2.96. The Kier molecular flexibility index (Phi) is 4.33. The maximum atomic E-state index is 11.5. The monoisotopic (exact) mass is 241 g/mol. The number of fused-ring (bicyclic) bond motifs is 1. The van der Waals surface area contributed by atoms with E-state index in [1.807, 2.05) is 18.2 Å². The number of methoxy groups -OCH3 is 1. The molecule has 0 saturated carbocycles. The Labute approximate surface area is 101 Å². The van der Waals surface area contributed by atoms with E-state index in [4.69, 9.17) is 10.5 Å². The number of esters is 1. The zero-order valence-electron chi connectivity index (χ0n) is 9.23. The van der Waals surface area contributed by atoms with Crippen LogP contribution in [0.15, 0.2) is 18.2 Å². The smallest absolute Gasteiger partial charge is 0.338 e. The Morgan fingerprint density at radius 1 is 1.50 bits per heavy atom. The zero-order valence-corrected chi connectivity index (χ0v) is 10.0. The summed E-state index contributed by atoms with van der Waals surface area (Å²) in [5, 5.41) is 0. The van der Waals surface area contributed by atoms with Gasteiger partial charge in [0.2, 0.25) is 0 Å². The molecule has 1 aliphatic rings. The van der Waals surface area contributed by atoms with E-state index in [0.717, 1.165) is 30.4 Å². The number of carbonyl (C=O) groups is 1. The van der Waals surface area contributed by atoms with Gasteiger partial charge in [-0.15, -0.1) is 12.4 Å². The first-order valence-electron chi connectivity index (χ1n) is 5.19. The van der Waals surface area contributed by atoms with Crippen molar-refractivity contribution < 1.29 is 9.53 Å². The first kappa shape index (κ1) is 13.0. The second kappa shape index (κ2) is 5.32. The van der Waals surface area contributed by atoms with Gasteiger partial charge in [0.1, 0.15) is 0 Å². The molecule has 4 heteroatoms. The molecule has 0 fully saturated rings. The zero-order chi connectivity index (χ0) is 10.8. The second-order valence-corrected chi connectivity index (χ2v) is 3.86. The molecule has 0 heterocycles. The molecule has 0 saturated heterocycles. The molecule has 1 atom stereocenters. The minimum absolute atomic E-state index is 0. The van der Waals surface area contributed by atoms with Gasteiger partial charge in [0, 0.05) is 6.04 Å². The SMILES string of the molecule is COC(=O)c1cccc2c1CCCC2N.Cl. The third-order valence-corrected chi connectivity index (χ3v) is 2.96. The third kappa shape index (κ3) is 2.20. The van der Waals surface area contributed by atoms with E-state index in [2.05, 4.69) is 0 Å². The Bertz CT molecular complexity index is 393. The van der Waals surface area contributed by atoms with Crippen LogP contribution in [0.3, 0.4) is 0 Å². The molecular weight excluding hydrogens is 226 g/mol. The minimum Gasteiger partial charge on any atom is -0.465 e. The molecule has 2 rings (SSSR count). The van der Waals surface area contributed by atoms with Crippen LogP contribution >= 0.6 is 12.4 Å². The number of ether oxygens (including phenoxy) is 1. The van der Waals surface area contributed by atoms with E-state index in [-0.39, 0.29) is 24.4 Å². The summed E-state index contributed by atoms with van der Waals surface area (Å²) in [5.41, 5.74) is 8.85. The molecule has 3 nitrogen and oxygen atoms in total. The van der Waals surface area contributed by atoms with Gasteiger partial charge in [0.15, 0.2) is 0 Å². The van der Waals surface area contributed by atoms with Gasteiger partial charge in [-0.25, -0.2) is 4.79 Å². The van der Waals surface area contributed by atoms with Crippen LogP contribution < -0.4 is 5.73 Å². The molecule has 88 valence electrons. The van der Waals surface area contributed by atoms with Gasteiger partial charge in [0.25, 0.3) is 0 Å². The van der Waals surface area contributed by atoms with Crippen molar-refractivity contribution in [2.75, 3.05) is 7.11 Å². The van der Waals surface area contributed by atoms with Gasteiger partial charge in [-0.3, -0.25) is 0 Å². The van der Waals surface area contributed by atoms with E-state index in [9.17, 15) is 4.79 Å². The van der Waals surface area contributed by atoms with Crippen LogP contribution in [0.25, 0.3) is 0 Å².